The van der Waals surface area contributed by atoms with E-state index in [1.165, 1.54) is 51.4 Å². The molecule has 0 aliphatic carbocycles. The molecule has 0 heterocycles. The van der Waals surface area contributed by atoms with Crippen LogP contribution in [0.5, 0.6) is 0 Å². The monoisotopic (exact) mass is 437 g/mol. The van der Waals surface area contributed by atoms with Crippen molar-refractivity contribution in [2.24, 2.45) is 5.73 Å². The molecule has 0 aliphatic heterocycles. The maximum absolute atomic E-state index is 11.4. The molecule has 164 valence electrons. The molecule has 0 aliphatic rings. The quantitative estimate of drug-likeness (QED) is 0.120. The van der Waals surface area contributed by atoms with Gasteiger partial charge in [0.2, 0.25) is 0 Å². The third-order valence-electron chi connectivity index (χ3n) is 3.74. The first-order chi connectivity index (χ1) is 12.6. The fraction of sp³-hybridized carbons (Fsp3) is 0.882. The summed E-state index contributed by atoms with van der Waals surface area (Å²) in [4.78, 5) is 21.9. The summed E-state index contributed by atoms with van der Waals surface area (Å²) in [5, 5.41) is 8.59. The molecule has 0 aromatic carbocycles. The van der Waals surface area contributed by atoms with Crippen LogP contribution in [0.1, 0.15) is 85.4 Å². The zero-order valence-electron chi connectivity index (χ0n) is 18.1. The van der Waals surface area contributed by atoms with Crippen LogP contribution in [0.4, 0.5) is 0 Å². The maximum atomic E-state index is 11.4. The molecule has 0 aromatic rings. The molecular weight excluding hydrogens is 401 g/mol. The summed E-state index contributed by atoms with van der Waals surface area (Å²) < 4.78 is 36.6. The molecule has 0 spiro atoms. The molecule has 0 radical (unpaired) electrons. The minimum atomic E-state index is -4.67. The van der Waals surface area contributed by atoms with Gasteiger partial charge in [0.25, 0.3) is 0 Å². The number of carboxylic acids is 1. The summed E-state index contributed by atoms with van der Waals surface area (Å²) >= 11 is 0. The number of hydrogen-bond donors (Lipinski definition) is 4. The Morgan fingerprint density at radius 3 is 1.75 bits per heavy atom. The Labute approximate surface area is 192 Å². The van der Waals surface area contributed by atoms with Gasteiger partial charge in [0, 0.05) is 6.42 Å². The second kappa shape index (κ2) is 21.5. The number of carbonyl (C=O) groups excluding carboxylic acids is 1. The Morgan fingerprint density at radius 2 is 1.36 bits per heavy atom. The van der Waals surface area contributed by atoms with Crippen molar-refractivity contribution in [2.75, 3.05) is 6.61 Å². The van der Waals surface area contributed by atoms with E-state index in [1.807, 2.05) is 0 Å². The predicted molar refractivity (Wildman–Crippen MR) is 103 cm³/mol. The van der Waals surface area contributed by atoms with Crippen molar-refractivity contribution in [3.63, 3.8) is 0 Å². The van der Waals surface area contributed by atoms with E-state index in [1.54, 1.807) is 0 Å². The van der Waals surface area contributed by atoms with E-state index < -0.39 is 22.4 Å². The molecule has 0 unspecified atom stereocenters. The number of aliphatic carboxylic acids is 1. The largest absolute Gasteiger partial charge is 1.00 e. The van der Waals surface area contributed by atoms with Gasteiger partial charge in [-0.15, -0.1) is 0 Å². The Kier molecular flexibility index (Phi) is 24.9. The van der Waals surface area contributed by atoms with Gasteiger partial charge in [-0.2, -0.15) is 8.42 Å². The molecule has 28 heavy (non-hydrogen) atoms. The van der Waals surface area contributed by atoms with Gasteiger partial charge in [-0.3, -0.25) is 18.7 Å². The van der Waals surface area contributed by atoms with E-state index in [0.717, 1.165) is 12.8 Å². The average molecular weight is 438 g/mol. The average Bonchev–Trinajstić information content (AvgIpc) is 2.55. The fourth-order valence-corrected chi connectivity index (χ4v) is 2.24. The van der Waals surface area contributed by atoms with Crippen molar-refractivity contribution >= 4 is 22.3 Å². The Balaban J connectivity index is -0.000000396. The van der Waals surface area contributed by atoms with E-state index >= 15 is 0 Å². The van der Waals surface area contributed by atoms with Gasteiger partial charge >= 0.3 is 51.9 Å². The fourth-order valence-electron chi connectivity index (χ4n) is 2.24. The topological polar surface area (TPSA) is 164 Å². The molecule has 1 atom stereocenters. The first-order valence-electron chi connectivity index (χ1n) is 9.41. The maximum Gasteiger partial charge on any atom is 1.00 e. The van der Waals surface area contributed by atoms with Crippen LogP contribution in [0.25, 0.3) is 0 Å². The van der Waals surface area contributed by atoms with Crippen molar-refractivity contribution in [1.82, 2.24) is 0 Å². The molecule has 0 saturated heterocycles. The van der Waals surface area contributed by atoms with Crippen LogP contribution in [0.3, 0.4) is 0 Å². The van der Waals surface area contributed by atoms with E-state index in [0.29, 0.717) is 6.61 Å². The minimum absolute atomic E-state index is 0. The molecule has 0 rings (SSSR count). The van der Waals surface area contributed by atoms with Crippen molar-refractivity contribution in [3.8, 4) is 0 Å². The third kappa shape index (κ3) is 33.4. The van der Waals surface area contributed by atoms with E-state index in [2.05, 4.69) is 6.92 Å². The molecule has 9 nitrogen and oxygen atoms in total. The van der Waals surface area contributed by atoms with Gasteiger partial charge in [-0.1, -0.05) is 64.7 Å². The predicted octanol–water partition coefficient (Wildman–Crippen LogP) is 0.106. The molecule has 0 fully saturated rings. The molecular formula is C17H36NNaO8S. The van der Waals surface area contributed by atoms with Gasteiger partial charge in [-0.05, 0) is 12.8 Å². The van der Waals surface area contributed by atoms with Gasteiger partial charge < -0.3 is 17.0 Å². The van der Waals surface area contributed by atoms with Gasteiger partial charge in [0.05, 0.1) is 6.61 Å². The molecule has 5 N–H and O–H groups in total. The summed E-state index contributed by atoms with van der Waals surface area (Å²) in [5.41, 5.74) is 5.32. The Hall–Kier alpha value is -0.230. The van der Waals surface area contributed by atoms with Crippen LogP contribution in [0.2, 0.25) is 0 Å². The SMILES string of the molecule is CCCCCCCCCCCCOC(=O)CC[C@H](N)C(=O)O.O=S(=O)(O)O.[H-].[Na+]. The number of rotatable bonds is 15. The summed E-state index contributed by atoms with van der Waals surface area (Å²) in [6.07, 6.45) is 12.6. The number of esters is 1. The molecule has 0 saturated carbocycles. The van der Waals surface area contributed by atoms with Crippen molar-refractivity contribution in [3.05, 3.63) is 0 Å². The van der Waals surface area contributed by atoms with Crippen LogP contribution in [-0.2, 0) is 24.7 Å². The number of carbonyl (C=O) groups is 2. The van der Waals surface area contributed by atoms with E-state index in [4.69, 9.17) is 33.1 Å². The molecule has 0 aromatic heterocycles. The second-order valence-electron chi connectivity index (χ2n) is 6.33. The van der Waals surface area contributed by atoms with Crippen LogP contribution >= 0.6 is 0 Å². The van der Waals surface area contributed by atoms with Crippen LogP contribution in [-0.4, -0.2) is 47.2 Å². The van der Waals surface area contributed by atoms with Gasteiger partial charge in [-0.25, -0.2) is 0 Å². The van der Waals surface area contributed by atoms with Crippen molar-refractivity contribution in [2.45, 2.75) is 90.0 Å². The Bertz CT molecular complexity index is 486. The summed E-state index contributed by atoms with van der Waals surface area (Å²) in [6.45, 7) is 2.66. The van der Waals surface area contributed by atoms with Crippen molar-refractivity contribution < 1.29 is 67.9 Å². The number of carboxylic acid groups (broad SMARTS) is 1. The zero-order chi connectivity index (χ0) is 21.1. The van der Waals surface area contributed by atoms with Crippen LogP contribution in [0.15, 0.2) is 0 Å². The first kappa shape index (κ1) is 32.4. The summed E-state index contributed by atoms with van der Waals surface area (Å²) in [7, 11) is -4.67. The van der Waals surface area contributed by atoms with Gasteiger partial charge in [0.1, 0.15) is 6.04 Å². The standard InChI is InChI=1S/C17H33NO4.Na.H2O4S.H/c1-2-3-4-5-6-7-8-9-10-11-14-22-16(19)13-12-15(18)17(20)21;;1-5(2,3)4;/h15H,2-14,18H2,1H3,(H,20,21);;(H2,1,2,3,4);/q;+1;;-1/t15-;;;/m0.../s1. The minimum Gasteiger partial charge on any atom is -1.00 e. The molecule has 0 bridgehead atoms. The van der Waals surface area contributed by atoms with Crippen molar-refractivity contribution in [1.29, 1.82) is 0 Å². The number of ether oxygens (including phenoxy) is 1. The first-order valence-corrected chi connectivity index (χ1v) is 10.8. The second-order valence-corrected chi connectivity index (χ2v) is 7.23. The van der Waals surface area contributed by atoms with E-state index in [9.17, 15) is 9.59 Å². The normalized spacial score (nSPS) is 11.6. The Morgan fingerprint density at radius 1 is 0.964 bits per heavy atom. The smallest absolute Gasteiger partial charge is 1.00 e. The van der Waals surface area contributed by atoms with Gasteiger partial charge in [0.15, 0.2) is 0 Å². The molecule has 0 amide bonds. The summed E-state index contributed by atoms with van der Waals surface area (Å²) in [6, 6.07) is -0.982. The molecule has 11 heteroatoms. The number of nitrogens with two attached hydrogens (primary N) is 1. The third-order valence-corrected chi connectivity index (χ3v) is 3.74. The number of unbranched alkanes of at least 4 members (excludes halogenated alkanes) is 9. The van der Waals surface area contributed by atoms with E-state index in [-0.39, 0.29) is 49.8 Å². The number of hydrogen-bond acceptors (Lipinski definition) is 6. The van der Waals surface area contributed by atoms with Crippen LogP contribution in [0, 0.1) is 0 Å². The van der Waals surface area contributed by atoms with Crippen LogP contribution < -0.4 is 35.3 Å². The summed E-state index contributed by atoms with van der Waals surface area (Å²) in [5.74, 6) is -1.44. The zero-order valence-corrected chi connectivity index (χ0v) is 20.0.